The first-order valence-electron chi connectivity index (χ1n) is 9.98. The molecule has 7 nitrogen and oxygen atoms in total. The lowest BCUT2D eigenvalue weighted by molar-refractivity contribution is 0.0704. The number of amides is 1. The van der Waals surface area contributed by atoms with Gasteiger partial charge in [-0.25, -0.2) is 4.68 Å². The molecule has 2 fully saturated rings. The van der Waals surface area contributed by atoms with Crippen LogP contribution in [-0.4, -0.2) is 68.1 Å². The molecule has 7 heteroatoms. The molecule has 0 spiro atoms. The molecule has 1 atom stereocenters. The average molecular weight is 368 g/mol. The van der Waals surface area contributed by atoms with E-state index in [2.05, 4.69) is 34.3 Å². The van der Waals surface area contributed by atoms with Crippen molar-refractivity contribution in [1.82, 2.24) is 30.0 Å². The van der Waals surface area contributed by atoms with Crippen LogP contribution in [0.25, 0.3) is 5.69 Å². The van der Waals surface area contributed by atoms with Crippen molar-refractivity contribution in [2.24, 2.45) is 11.8 Å². The third kappa shape index (κ3) is 4.18. The summed E-state index contributed by atoms with van der Waals surface area (Å²) in [4.78, 5) is 17.8. The lowest BCUT2D eigenvalue weighted by Gasteiger charge is -2.34. The summed E-state index contributed by atoms with van der Waals surface area (Å²) >= 11 is 0. The Hall–Kier alpha value is -2.28. The van der Waals surface area contributed by atoms with E-state index in [0.29, 0.717) is 12.0 Å². The van der Waals surface area contributed by atoms with Gasteiger partial charge < -0.3 is 4.90 Å². The van der Waals surface area contributed by atoms with Crippen LogP contribution in [0.3, 0.4) is 0 Å². The number of hydrogen-bond acceptors (Lipinski definition) is 5. The van der Waals surface area contributed by atoms with E-state index in [1.807, 2.05) is 29.2 Å². The van der Waals surface area contributed by atoms with Gasteiger partial charge in [0, 0.05) is 37.8 Å². The number of benzene rings is 1. The van der Waals surface area contributed by atoms with E-state index < -0.39 is 0 Å². The summed E-state index contributed by atoms with van der Waals surface area (Å²) in [6.07, 6.45) is 5.34. The van der Waals surface area contributed by atoms with Crippen LogP contribution in [0.4, 0.5) is 0 Å². The molecule has 0 radical (unpaired) electrons. The molecule has 2 aliphatic rings. The minimum absolute atomic E-state index is 0.122. The van der Waals surface area contributed by atoms with Gasteiger partial charge in [-0.05, 0) is 65.8 Å². The van der Waals surface area contributed by atoms with Crippen molar-refractivity contribution in [2.45, 2.75) is 39.2 Å². The highest BCUT2D eigenvalue weighted by molar-refractivity contribution is 5.94. The predicted molar refractivity (Wildman–Crippen MR) is 103 cm³/mol. The fraction of sp³-hybridized carbons (Fsp3) is 0.600. The van der Waals surface area contributed by atoms with Crippen molar-refractivity contribution in [3.8, 4) is 5.69 Å². The topological polar surface area (TPSA) is 67.2 Å². The lowest BCUT2D eigenvalue weighted by Crippen LogP contribution is -2.46. The summed E-state index contributed by atoms with van der Waals surface area (Å²) in [5, 5.41) is 11.2. The molecule has 144 valence electrons. The summed E-state index contributed by atoms with van der Waals surface area (Å²) in [7, 11) is 0. The van der Waals surface area contributed by atoms with Gasteiger partial charge in [-0.3, -0.25) is 9.69 Å². The van der Waals surface area contributed by atoms with Crippen molar-refractivity contribution in [2.75, 3.05) is 26.2 Å². The Morgan fingerprint density at radius 3 is 2.59 bits per heavy atom. The minimum Gasteiger partial charge on any atom is -0.337 e. The summed E-state index contributed by atoms with van der Waals surface area (Å²) in [5.41, 5.74) is 1.58. The number of nitrogens with zero attached hydrogens (tertiary/aromatic N) is 6. The fourth-order valence-electron chi connectivity index (χ4n) is 3.96. The smallest absolute Gasteiger partial charge is 0.253 e. The Balaban J connectivity index is 1.47. The van der Waals surface area contributed by atoms with Gasteiger partial charge in [-0.1, -0.05) is 13.8 Å². The summed E-state index contributed by atoms with van der Waals surface area (Å²) in [5.74, 6) is 1.55. The van der Waals surface area contributed by atoms with Crippen LogP contribution in [0.2, 0.25) is 0 Å². The minimum atomic E-state index is 0.122. The van der Waals surface area contributed by atoms with E-state index in [9.17, 15) is 4.79 Å². The van der Waals surface area contributed by atoms with Gasteiger partial charge in [0.15, 0.2) is 0 Å². The van der Waals surface area contributed by atoms with Crippen LogP contribution in [0.1, 0.15) is 43.5 Å². The molecule has 0 N–H and O–H groups in total. The quantitative estimate of drug-likeness (QED) is 0.810. The molecule has 1 aromatic heterocycles. The zero-order chi connectivity index (χ0) is 18.8. The normalized spacial score (nSPS) is 21.4. The Labute approximate surface area is 160 Å². The molecule has 1 aliphatic carbocycles. The van der Waals surface area contributed by atoms with Crippen molar-refractivity contribution >= 4 is 5.91 Å². The highest BCUT2D eigenvalue weighted by Gasteiger charge is 2.33. The highest BCUT2D eigenvalue weighted by Crippen LogP contribution is 2.32. The van der Waals surface area contributed by atoms with Gasteiger partial charge in [0.25, 0.3) is 5.91 Å². The first-order chi connectivity index (χ1) is 13.1. The van der Waals surface area contributed by atoms with Crippen LogP contribution >= 0.6 is 0 Å². The molecule has 4 rings (SSSR count). The molecule has 2 aromatic rings. The first-order valence-corrected chi connectivity index (χ1v) is 9.98. The fourth-order valence-corrected chi connectivity index (χ4v) is 3.96. The van der Waals surface area contributed by atoms with Crippen molar-refractivity contribution in [3.05, 3.63) is 36.2 Å². The van der Waals surface area contributed by atoms with Gasteiger partial charge in [-0.2, -0.15) is 0 Å². The molecule has 0 unspecified atom stereocenters. The van der Waals surface area contributed by atoms with Gasteiger partial charge in [0.2, 0.25) is 0 Å². The number of aromatic nitrogens is 4. The van der Waals surface area contributed by atoms with Crippen LogP contribution < -0.4 is 0 Å². The number of carbonyl (C=O) groups is 1. The Kier molecular flexibility index (Phi) is 5.20. The van der Waals surface area contributed by atoms with Crippen molar-refractivity contribution < 1.29 is 4.79 Å². The van der Waals surface area contributed by atoms with Gasteiger partial charge in [0.1, 0.15) is 6.33 Å². The summed E-state index contributed by atoms with van der Waals surface area (Å²) < 4.78 is 1.59. The van der Waals surface area contributed by atoms with Crippen molar-refractivity contribution in [1.29, 1.82) is 0 Å². The predicted octanol–water partition coefficient (Wildman–Crippen LogP) is 2.24. The molecule has 0 bridgehead atoms. The van der Waals surface area contributed by atoms with E-state index in [4.69, 9.17) is 0 Å². The van der Waals surface area contributed by atoms with Crippen LogP contribution in [0.15, 0.2) is 30.6 Å². The van der Waals surface area contributed by atoms with Gasteiger partial charge >= 0.3 is 0 Å². The van der Waals surface area contributed by atoms with E-state index in [-0.39, 0.29) is 5.91 Å². The molecular formula is C20H28N6O. The maximum atomic E-state index is 13.1. The second-order valence-corrected chi connectivity index (χ2v) is 8.16. The van der Waals surface area contributed by atoms with E-state index in [1.165, 1.54) is 19.4 Å². The standard InChI is InChI=1S/C20H28N6O/c1-15(2)19-13-25(11-3-10-24(19)12-16-4-5-16)20(27)17-6-8-18(9-7-17)26-14-21-22-23-26/h6-9,14-16,19H,3-5,10-13H2,1-2H3/t19-/m1/s1. The summed E-state index contributed by atoms with van der Waals surface area (Å²) in [6, 6.07) is 7.96. The second-order valence-electron chi connectivity index (χ2n) is 8.16. The van der Waals surface area contributed by atoms with Crippen molar-refractivity contribution in [3.63, 3.8) is 0 Å². The van der Waals surface area contributed by atoms with Gasteiger partial charge in [-0.15, -0.1) is 5.10 Å². The lowest BCUT2D eigenvalue weighted by atomic mass is 10.0. The Morgan fingerprint density at radius 1 is 1.19 bits per heavy atom. The molecule has 2 heterocycles. The molecule has 1 amide bonds. The molecule has 1 saturated carbocycles. The monoisotopic (exact) mass is 368 g/mol. The number of rotatable bonds is 5. The van der Waals surface area contributed by atoms with Crippen LogP contribution in [0, 0.1) is 11.8 Å². The third-order valence-electron chi connectivity index (χ3n) is 5.72. The SMILES string of the molecule is CC(C)[C@H]1CN(C(=O)c2ccc(-n3cnnn3)cc2)CCCN1CC1CC1. The van der Waals surface area contributed by atoms with Crippen LogP contribution in [-0.2, 0) is 0 Å². The summed E-state index contributed by atoms with van der Waals surface area (Å²) in [6.45, 7) is 8.50. The van der Waals surface area contributed by atoms with Gasteiger partial charge in [0.05, 0.1) is 5.69 Å². The molecule has 1 saturated heterocycles. The molecular weight excluding hydrogens is 340 g/mol. The van der Waals surface area contributed by atoms with E-state index >= 15 is 0 Å². The Morgan fingerprint density at radius 2 is 1.96 bits per heavy atom. The first kappa shape index (κ1) is 18.1. The zero-order valence-electron chi connectivity index (χ0n) is 16.2. The number of tetrazole rings is 1. The molecule has 27 heavy (non-hydrogen) atoms. The largest absolute Gasteiger partial charge is 0.337 e. The average Bonchev–Trinajstić information content (AvgIpc) is 3.38. The van der Waals surface area contributed by atoms with E-state index in [1.54, 1.807) is 11.0 Å². The Bertz CT molecular complexity index is 753. The molecule has 1 aliphatic heterocycles. The second kappa shape index (κ2) is 7.76. The zero-order valence-corrected chi connectivity index (χ0v) is 16.2. The number of carbonyl (C=O) groups excluding carboxylic acids is 1. The maximum Gasteiger partial charge on any atom is 0.253 e. The third-order valence-corrected chi connectivity index (χ3v) is 5.72. The highest BCUT2D eigenvalue weighted by atomic mass is 16.2. The maximum absolute atomic E-state index is 13.1. The van der Waals surface area contributed by atoms with Crippen LogP contribution in [0.5, 0.6) is 0 Å². The van der Waals surface area contributed by atoms with E-state index in [0.717, 1.165) is 43.2 Å². The molecule has 1 aromatic carbocycles. The number of hydrogen-bond donors (Lipinski definition) is 0.